The number of halogens is 1. The Bertz CT molecular complexity index is 1090. The summed E-state index contributed by atoms with van der Waals surface area (Å²) >= 11 is 1.40. The van der Waals surface area contributed by atoms with Gasteiger partial charge in [0.25, 0.3) is 0 Å². The molecular weight excluding hydrogens is 393 g/mol. The second kappa shape index (κ2) is 6.74. The fourth-order valence-electron chi connectivity index (χ4n) is 4.65. The molecule has 8 heteroatoms. The summed E-state index contributed by atoms with van der Waals surface area (Å²) in [4.78, 5) is 27.5. The van der Waals surface area contributed by atoms with Crippen molar-refractivity contribution in [3.8, 4) is 5.75 Å². The molecule has 1 aliphatic carbocycles. The maximum absolute atomic E-state index is 15.3. The second-order valence-corrected chi connectivity index (χ2v) is 9.28. The van der Waals surface area contributed by atoms with Crippen molar-refractivity contribution in [1.82, 2.24) is 4.57 Å². The van der Waals surface area contributed by atoms with Gasteiger partial charge < -0.3 is 19.9 Å². The van der Waals surface area contributed by atoms with Gasteiger partial charge in [0.1, 0.15) is 5.69 Å². The zero-order valence-corrected chi connectivity index (χ0v) is 17.4. The van der Waals surface area contributed by atoms with Crippen LogP contribution >= 0.6 is 11.8 Å². The second-order valence-electron chi connectivity index (χ2n) is 8.31. The summed E-state index contributed by atoms with van der Waals surface area (Å²) < 4.78 is 23.1. The highest BCUT2D eigenvalue weighted by Gasteiger charge is 2.38. The first-order valence-corrected chi connectivity index (χ1v) is 11.1. The predicted molar refractivity (Wildman–Crippen MR) is 112 cm³/mol. The molecule has 0 unspecified atom stereocenters. The Labute approximate surface area is 172 Å². The smallest absolute Gasteiger partial charge is 0.201 e. The Hall–Kier alpha value is -2.06. The van der Waals surface area contributed by atoms with Crippen LogP contribution in [0.15, 0.2) is 15.9 Å². The summed E-state index contributed by atoms with van der Waals surface area (Å²) in [7, 11) is 1.52. The van der Waals surface area contributed by atoms with Crippen molar-refractivity contribution in [2.45, 2.75) is 43.3 Å². The van der Waals surface area contributed by atoms with Gasteiger partial charge in [0, 0.05) is 25.2 Å². The van der Waals surface area contributed by atoms with E-state index in [4.69, 9.17) is 10.5 Å². The van der Waals surface area contributed by atoms with Gasteiger partial charge in [-0.2, -0.15) is 0 Å². The fourth-order valence-corrected chi connectivity index (χ4v) is 5.80. The van der Waals surface area contributed by atoms with Crippen molar-refractivity contribution in [3.05, 3.63) is 27.7 Å². The molecule has 2 aliphatic heterocycles. The van der Waals surface area contributed by atoms with Crippen molar-refractivity contribution >= 4 is 34.1 Å². The van der Waals surface area contributed by atoms with Crippen molar-refractivity contribution < 1.29 is 13.9 Å². The molecule has 2 aromatic rings. The van der Waals surface area contributed by atoms with Crippen LogP contribution in [0.25, 0.3) is 10.9 Å². The van der Waals surface area contributed by atoms with Gasteiger partial charge in [0.15, 0.2) is 17.3 Å². The zero-order valence-electron chi connectivity index (χ0n) is 16.5. The normalized spacial score (nSPS) is 22.4. The van der Waals surface area contributed by atoms with Gasteiger partial charge in [-0.3, -0.25) is 9.59 Å². The molecule has 0 radical (unpaired) electrons. The highest BCUT2D eigenvalue weighted by Crippen LogP contribution is 2.48. The number of ether oxygens (including phenoxy) is 1. The molecule has 6 nitrogen and oxygen atoms in total. The van der Waals surface area contributed by atoms with Gasteiger partial charge in [0.2, 0.25) is 5.43 Å². The number of fused-ring (bicyclic) bond motifs is 2. The molecule has 0 spiro atoms. The summed E-state index contributed by atoms with van der Waals surface area (Å²) in [5.41, 5.74) is 6.90. The summed E-state index contributed by atoms with van der Waals surface area (Å²) in [5, 5.41) is 0.938. The Morgan fingerprint density at radius 2 is 2.07 bits per heavy atom. The van der Waals surface area contributed by atoms with Crippen molar-refractivity contribution in [1.29, 1.82) is 0 Å². The van der Waals surface area contributed by atoms with Crippen LogP contribution in [-0.4, -0.2) is 42.3 Å². The van der Waals surface area contributed by atoms with E-state index in [9.17, 15) is 9.59 Å². The molecule has 3 heterocycles. The number of carbonyl (C=O) groups excluding carboxylic acids is 1. The van der Waals surface area contributed by atoms with Crippen LogP contribution in [0, 0.1) is 11.7 Å². The van der Waals surface area contributed by atoms with E-state index in [-0.39, 0.29) is 45.9 Å². The van der Waals surface area contributed by atoms with E-state index in [0.29, 0.717) is 35.1 Å². The number of carbonyl (C=O) groups is 1. The van der Waals surface area contributed by atoms with Crippen LogP contribution in [0.4, 0.5) is 10.1 Å². The minimum absolute atomic E-state index is 0.0323. The summed E-state index contributed by atoms with van der Waals surface area (Å²) in [5.74, 6) is 0.268. The number of Topliss-reactive ketones (excluding diaryl/α,β-unsaturated/α-hetero) is 1. The average Bonchev–Trinajstić information content (AvgIpc) is 3.26. The number of hydrogen-bond acceptors (Lipinski definition) is 6. The molecule has 2 atom stereocenters. The van der Waals surface area contributed by atoms with Crippen LogP contribution in [0.1, 0.15) is 42.6 Å². The third kappa shape index (κ3) is 2.79. The Morgan fingerprint density at radius 1 is 1.31 bits per heavy atom. The molecule has 0 bridgehead atoms. The summed E-state index contributed by atoms with van der Waals surface area (Å²) in [6.45, 7) is 3.32. The molecule has 1 saturated carbocycles. The third-order valence-corrected chi connectivity index (χ3v) is 7.43. The maximum Gasteiger partial charge on any atom is 0.201 e. The molecule has 3 aliphatic rings. The van der Waals surface area contributed by atoms with Crippen LogP contribution < -0.4 is 20.8 Å². The minimum atomic E-state index is -0.489. The predicted octanol–water partition coefficient (Wildman–Crippen LogP) is 2.95. The van der Waals surface area contributed by atoms with Gasteiger partial charge >= 0.3 is 0 Å². The molecule has 29 heavy (non-hydrogen) atoms. The number of aromatic nitrogens is 1. The van der Waals surface area contributed by atoms with Crippen molar-refractivity contribution in [3.63, 3.8) is 0 Å². The van der Waals surface area contributed by atoms with Crippen LogP contribution in [0.3, 0.4) is 0 Å². The number of rotatable bonds is 4. The number of pyridine rings is 1. The van der Waals surface area contributed by atoms with Gasteiger partial charge in [-0.05, 0) is 38.2 Å². The SMILES string of the molecule is COc1c(N2CC[C@@H]([C@H](C)N)C2)c(F)cc2c(=O)c3c(n(C4CC4)c12)SCC3=O. The first kappa shape index (κ1) is 18.9. The number of hydrogen-bond donors (Lipinski definition) is 1. The minimum Gasteiger partial charge on any atom is -0.492 e. The lowest BCUT2D eigenvalue weighted by atomic mass is 10.0. The van der Waals surface area contributed by atoms with E-state index in [1.807, 2.05) is 11.8 Å². The monoisotopic (exact) mass is 417 g/mol. The number of methoxy groups -OCH3 is 1. The molecule has 154 valence electrons. The number of nitrogens with two attached hydrogens (primary N) is 1. The van der Waals surface area contributed by atoms with E-state index < -0.39 is 5.82 Å². The standard InChI is InChI=1S/C21H24FN3O3S/c1-10(23)11-5-6-24(8-11)18-14(22)7-13-17(20(18)28-2)25(12-3-4-12)21-16(19(13)27)15(26)9-29-21/h7,10-12H,3-6,8-9,23H2,1-2H3/t10-,11+/m0/s1. The largest absolute Gasteiger partial charge is 0.492 e. The molecule has 1 saturated heterocycles. The summed E-state index contributed by atoms with van der Waals surface area (Å²) in [6.07, 6.45) is 2.85. The topological polar surface area (TPSA) is 77.6 Å². The lowest BCUT2D eigenvalue weighted by Crippen LogP contribution is -2.30. The van der Waals surface area contributed by atoms with E-state index in [1.54, 1.807) is 0 Å². The molecule has 5 rings (SSSR count). The van der Waals surface area contributed by atoms with E-state index >= 15 is 4.39 Å². The Morgan fingerprint density at radius 3 is 2.69 bits per heavy atom. The van der Waals surface area contributed by atoms with Gasteiger partial charge in [-0.15, -0.1) is 0 Å². The van der Waals surface area contributed by atoms with Crippen molar-refractivity contribution in [2.24, 2.45) is 11.7 Å². The number of thioether (sulfide) groups is 1. The van der Waals surface area contributed by atoms with Gasteiger partial charge in [0.05, 0.1) is 34.4 Å². The highest BCUT2D eigenvalue weighted by molar-refractivity contribution is 8.00. The zero-order chi connectivity index (χ0) is 20.4. The highest BCUT2D eigenvalue weighted by atomic mass is 32.2. The first-order chi connectivity index (χ1) is 13.9. The Balaban J connectivity index is 1.80. The van der Waals surface area contributed by atoms with E-state index in [2.05, 4.69) is 4.57 Å². The van der Waals surface area contributed by atoms with Crippen LogP contribution in [-0.2, 0) is 0 Å². The maximum atomic E-state index is 15.3. The van der Waals surface area contributed by atoms with Crippen molar-refractivity contribution in [2.75, 3.05) is 30.9 Å². The number of benzene rings is 1. The number of nitrogens with zero attached hydrogens (tertiary/aromatic N) is 2. The van der Waals surface area contributed by atoms with Crippen LogP contribution in [0.5, 0.6) is 5.75 Å². The molecule has 1 aromatic heterocycles. The molecule has 1 aromatic carbocycles. The Kier molecular flexibility index (Phi) is 4.40. The summed E-state index contributed by atoms with van der Waals surface area (Å²) in [6, 6.07) is 1.54. The number of ketones is 1. The lowest BCUT2D eigenvalue weighted by Gasteiger charge is -2.26. The number of anilines is 1. The quantitative estimate of drug-likeness (QED) is 0.824. The fraction of sp³-hybridized carbons (Fsp3) is 0.524. The first-order valence-electron chi connectivity index (χ1n) is 10.1. The molecule has 0 amide bonds. The van der Waals surface area contributed by atoms with E-state index in [1.165, 1.54) is 24.9 Å². The molecule has 2 N–H and O–H groups in total. The molecular formula is C21H24FN3O3S. The van der Waals surface area contributed by atoms with Gasteiger partial charge in [-0.1, -0.05) is 11.8 Å². The van der Waals surface area contributed by atoms with Gasteiger partial charge in [-0.25, -0.2) is 4.39 Å². The van der Waals surface area contributed by atoms with Crippen LogP contribution in [0.2, 0.25) is 0 Å². The van der Waals surface area contributed by atoms with E-state index in [0.717, 1.165) is 19.3 Å². The average molecular weight is 418 g/mol. The lowest BCUT2D eigenvalue weighted by molar-refractivity contribution is 0.102. The molecule has 2 fully saturated rings. The third-order valence-electron chi connectivity index (χ3n) is 6.35.